The molecule has 2 aromatic rings. The van der Waals surface area contributed by atoms with Crippen molar-refractivity contribution in [2.24, 2.45) is 0 Å². The summed E-state index contributed by atoms with van der Waals surface area (Å²) in [5, 5.41) is 50.2. The minimum Gasteiger partial charge on any atom is -0.478 e. The van der Waals surface area contributed by atoms with Gasteiger partial charge in [0.2, 0.25) is 5.91 Å². The summed E-state index contributed by atoms with van der Waals surface area (Å²) in [7, 11) is 3.26. The molecular weight excluding hydrogens is 561 g/mol. The molecule has 1 aliphatic heterocycles. The fraction of sp³-hybridized carbons (Fsp3) is 0.464. The van der Waals surface area contributed by atoms with Crippen LogP contribution in [0.15, 0.2) is 36.4 Å². The Morgan fingerprint density at radius 3 is 2.33 bits per heavy atom. The fourth-order valence-electron chi connectivity index (χ4n) is 5.23. The Bertz CT molecular complexity index is 1320. The minimum absolute atomic E-state index is 0.0212. The van der Waals surface area contributed by atoms with Crippen LogP contribution in [0, 0.1) is 5.82 Å². The van der Waals surface area contributed by atoms with Gasteiger partial charge in [0.1, 0.15) is 37.7 Å². The van der Waals surface area contributed by atoms with Crippen molar-refractivity contribution in [1.29, 1.82) is 0 Å². The second kappa shape index (κ2) is 14.0. The van der Waals surface area contributed by atoms with Crippen LogP contribution in [-0.4, -0.2) is 109 Å². The number of ether oxygens (including phenoxy) is 1. The zero-order chi connectivity index (χ0) is 32.1. The van der Waals surface area contributed by atoms with E-state index in [0.29, 0.717) is 30.8 Å². The zero-order valence-electron chi connectivity index (χ0n) is 24.9. The molecule has 0 radical (unpaired) electrons. The van der Waals surface area contributed by atoms with Gasteiger partial charge < -0.3 is 40.6 Å². The van der Waals surface area contributed by atoms with Gasteiger partial charge in [0.25, 0.3) is 0 Å². The number of nitrogens with zero attached hydrogens (tertiary/aromatic N) is 1. The van der Waals surface area contributed by atoms with E-state index in [2.05, 4.69) is 20.9 Å². The maximum Gasteiger partial charge on any atom is 0.336 e. The molecular formula is C28H39B2FN4O8. The first-order valence-corrected chi connectivity index (χ1v) is 13.9. The highest BCUT2D eigenvalue weighted by Gasteiger charge is 2.50. The van der Waals surface area contributed by atoms with E-state index in [-0.39, 0.29) is 41.9 Å². The molecule has 0 bridgehead atoms. The standard InChI is InChI=1S/C28H39B2FN4O8/c1-15-11-35(12-16(2)43-15)13-18-7-4-6-17(22(18)31)10-33-20-9-5-8-19(26(39)40)21(20)24(37)34-23(25(38)32-3)28(30,42)27(29,41)14-36/h4-9,14-16,23-24,33-34,37,41-42H,10-13,29-30H2,1-3H3,(H,32,38)(H,39,40). The van der Waals surface area contributed by atoms with Crippen molar-refractivity contribution in [1.82, 2.24) is 15.5 Å². The number of halogens is 1. The Labute approximate surface area is 251 Å². The average molecular weight is 600 g/mol. The molecule has 7 N–H and O–H groups in total. The highest BCUT2D eigenvalue weighted by molar-refractivity contribution is 6.32. The molecule has 232 valence electrons. The van der Waals surface area contributed by atoms with Gasteiger partial charge in [0, 0.05) is 55.6 Å². The number of hydrogen-bond acceptors (Lipinski definition) is 10. The van der Waals surface area contributed by atoms with E-state index < -0.39 is 41.0 Å². The Morgan fingerprint density at radius 2 is 1.74 bits per heavy atom. The number of carboxylic acid groups (broad SMARTS) is 1. The molecule has 2 aromatic carbocycles. The molecule has 1 heterocycles. The quantitative estimate of drug-likeness (QED) is 0.0790. The van der Waals surface area contributed by atoms with E-state index in [9.17, 15) is 34.8 Å². The predicted octanol–water partition coefficient (Wildman–Crippen LogP) is -1.72. The molecule has 1 saturated heterocycles. The molecule has 0 aliphatic carbocycles. The topological polar surface area (TPSA) is 181 Å². The number of aromatic carboxylic acids is 1. The number of morpholine rings is 1. The number of aliphatic hydroxyl groups is 3. The molecule has 6 unspecified atom stereocenters. The van der Waals surface area contributed by atoms with Crippen molar-refractivity contribution in [3.05, 3.63) is 64.5 Å². The zero-order valence-corrected chi connectivity index (χ0v) is 24.9. The van der Waals surface area contributed by atoms with E-state index in [1.54, 1.807) is 18.2 Å². The van der Waals surface area contributed by atoms with Crippen LogP contribution in [0.4, 0.5) is 10.1 Å². The summed E-state index contributed by atoms with van der Waals surface area (Å²) in [6.07, 6.45) is -1.80. The van der Waals surface area contributed by atoms with Crippen molar-refractivity contribution in [2.75, 3.05) is 25.5 Å². The van der Waals surface area contributed by atoms with Gasteiger partial charge in [-0.3, -0.25) is 15.0 Å². The van der Waals surface area contributed by atoms with Crippen LogP contribution in [0.5, 0.6) is 0 Å². The molecule has 0 saturated carbocycles. The molecule has 1 fully saturated rings. The smallest absolute Gasteiger partial charge is 0.336 e. The summed E-state index contributed by atoms with van der Waals surface area (Å²) in [6.45, 7) is 5.56. The minimum atomic E-state index is -2.44. The summed E-state index contributed by atoms with van der Waals surface area (Å²) in [4.78, 5) is 38.4. The third kappa shape index (κ3) is 7.80. The van der Waals surface area contributed by atoms with Crippen molar-refractivity contribution >= 4 is 39.5 Å². The maximum atomic E-state index is 15.6. The summed E-state index contributed by atoms with van der Waals surface area (Å²) < 4.78 is 21.3. The number of carboxylic acids is 1. The number of benzene rings is 2. The van der Waals surface area contributed by atoms with Crippen molar-refractivity contribution in [3.63, 3.8) is 0 Å². The first-order chi connectivity index (χ1) is 20.1. The third-order valence-electron chi connectivity index (χ3n) is 7.78. The van der Waals surface area contributed by atoms with E-state index in [1.807, 2.05) is 13.8 Å². The van der Waals surface area contributed by atoms with E-state index in [4.69, 9.17) is 4.74 Å². The van der Waals surface area contributed by atoms with E-state index in [0.717, 1.165) is 15.7 Å². The van der Waals surface area contributed by atoms with Crippen molar-refractivity contribution in [3.8, 4) is 0 Å². The first-order valence-electron chi connectivity index (χ1n) is 13.9. The average Bonchev–Trinajstić information content (AvgIpc) is 2.94. The first kappa shape index (κ1) is 34.2. The second-order valence-corrected chi connectivity index (χ2v) is 11.3. The molecule has 1 amide bonds. The number of hydrogen-bond donors (Lipinski definition) is 7. The van der Waals surface area contributed by atoms with E-state index in [1.165, 1.54) is 25.2 Å². The van der Waals surface area contributed by atoms with Crippen LogP contribution < -0.4 is 16.0 Å². The lowest BCUT2D eigenvalue weighted by atomic mass is 9.56. The van der Waals surface area contributed by atoms with Gasteiger partial charge in [0.15, 0.2) is 7.85 Å². The number of anilines is 1. The lowest BCUT2D eigenvalue weighted by molar-refractivity contribution is -0.142. The van der Waals surface area contributed by atoms with Gasteiger partial charge in [-0.15, -0.1) is 0 Å². The molecule has 3 rings (SSSR count). The van der Waals surface area contributed by atoms with Gasteiger partial charge in [-0.25, -0.2) is 9.18 Å². The molecule has 1 aliphatic rings. The van der Waals surface area contributed by atoms with Gasteiger partial charge in [-0.05, 0) is 26.0 Å². The third-order valence-corrected chi connectivity index (χ3v) is 7.78. The summed E-state index contributed by atoms with van der Waals surface area (Å²) in [5.74, 6) is -2.72. The number of nitrogens with one attached hydrogen (secondary N) is 3. The SMILES string of the molecule is BC(O)(C=O)C(B)(O)C(NC(O)c1c(NCc2cccc(CN3CC(C)OC(C)C3)c2F)cccc1C(=O)O)C(=O)NC. The molecule has 43 heavy (non-hydrogen) atoms. The summed E-state index contributed by atoms with van der Waals surface area (Å²) in [5.41, 5.74) is -4.52. The molecule has 6 atom stereocenters. The Balaban J connectivity index is 1.90. The van der Waals surface area contributed by atoms with Gasteiger partial charge in [0.05, 0.1) is 23.3 Å². The van der Waals surface area contributed by atoms with Crippen LogP contribution in [0.1, 0.15) is 47.1 Å². The molecule has 15 heteroatoms. The van der Waals surface area contributed by atoms with Crippen molar-refractivity contribution < 1.29 is 43.9 Å². The van der Waals surface area contributed by atoms with Gasteiger partial charge >= 0.3 is 5.97 Å². The largest absolute Gasteiger partial charge is 0.478 e. The van der Waals surface area contributed by atoms with Gasteiger partial charge in [-0.2, -0.15) is 0 Å². The van der Waals surface area contributed by atoms with Crippen molar-refractivity contribution in [2.45, 2.75) is 62.4 Å². The fourth-order valence-corrected chi connectivity index (χ4v) is 5.23. The Hall–Kier alpha value is -3.33. The number of amides is 1. The lowest BCUT2D eigenvalue weighted by Gasteiger charge is -2.41. The maximum absolute atomic E-state index is 15.6. The Kier molecular flexibility index (Phi) is 11.1. The second-order valence-electron chi connectivity index (χ2n) is 11.3. The molecule has 12 nitrogen and oxygen atoms in total. The van der Waals surface area contributed by atoms with Crippen LogP contribution in [0.25, 0.3) is 0 Å². The predicted molar refractivity (Wildman–Crippen MR) is 161 cm³/mol. The highest BCUT2D eigenvalue weighted by Crippen LogP contribution is 2.29. The molecule has 0 aromatic heterocycles. The summed E-state index contributed by atoms with van der Waals surface area (Å²) in [6, 6.07) is 7.37. The lowest BCUT2D eigenvalue weighted by Crippen LogP contribution is -2.70. The monoisotopic (exact) mass is 600 g/mol. The van der Waals surface area contributed by atoms with Gasteiger partial charge in [-0.1, -0.05) is 24.3 Å². The van der Waals surface area contributed by atoms with Crippen LogP contribution in [-0.2, 0) is 27.4 Å². The number of rotatable bonds is 13. The summed E-state index contributed by atoms with van der Waals surface area (Å²) >= 11 is 0. The number of aliphatic hydroxyl groups excluding tert-OH is 1. The number of likely N-dealkylation sites (N-methyl/N-ethyl adjacent to an activating group) is 1. The normalized spacial score (nSPS) is 21.6. The van der Waals surface area contributed by atoms with Crippen LogP contribution in [0.2, 0.25) is 0 Å². The molecule has 0 spiro atoms. The van der Waals surface area contributed by atoms with Crippen LogP contribution >= 0.6 is 0 Å². The van der Waals surface area contributed by atoms with E-state index >= 15 is 4.39 Å². The Morgan fingerprint density at radius 1 is 1.14 bits per heavy atom. The van der Waals surface area contributed by atoms with Crippen LogP contribution in [0.3, 0.4) is 0 Å². The highest BCUT2D eigenvalue weighted by atomic mass is 19.1. The number of aldehydes is 1. The number of carbonyl (C=O) groups is 3. The number of carbonyl (C=O) groups excluding carboxylic acids is 2.